The number of alkyl halides is 3. The van der Waals surface area contributed by atoms with Gasteiger partial charge in [-0.3, -0.25) is 5.32 Å². The first-order chi connectivity index (χ1) is 12.9. The molecule has 0 amide bonds. The minimum absolute atomic E-state index is 0.495. The van der Waals surface area contributed by atoms with E-state index >= 15 is 0 Å². The zero-order chi connectivity index (χ0) is 19.0. The van der Waals surface area contributed by atoms with Crippen molar-refractivity contribution in [2.24, 2.45) is 0 Å². The predicted octanol–water partition coefficient (Wildman–Crippen LogP) is 6.18. The van der Waals surface area contributed by atoms with E-state index in [0.717, 1.165) is 39.5 Å². The normalized spacial score (nSPS) is 12.9. The highest BCUT2D eigenvalue weighted by atomic mass is 32.2. The van der Waals surface area contributed by atoms with Crippen molar-refractivity contribution in [3.63, 3.8) is 0 Å². The largest absolute Gasteiger partial charge is 0.416 e. The molecular weight excluding hydrogens is 373 g/mol. The summed E-state index contributed by atoms with van der Waals surface area (Å²) in [6.45, 7) is 1.86. The van der Waals surface area contributed by atoms with Gasteiger partial charge in [-0.2, -0.15) is 13.2 Å². The average molecular weight is 387 g/mol. The van der Waals surface area contributed by atoms with E-state index in [1.54, 1.807) is 18.0 Å². The fourth-order valence-corrected chi connectivity index (χ4v) is 3.75. The number of nitrogens with zero attached hydrogens (tertiary/aromatic N) is 2. The van der Waals surface area contributed by atoms with Gasteiger partial charge in [0, 0.05) is 33.5 Å². The van der Waals surface area contributed by atoms with Crippen molar-refractivity contribution in [2.75, 3.05) is 0 Å². The van der Waals surface area contributed by atoms with Crippen LogP contribution in [0.15, 0.2) is 58.1 Å². The Morgan fingerprint density at radius 1 is 1.07 bits per heavy atom. The lowest BCUT2D eigenvalue weighted by Gasteiger charge is -2.06. The number of hydrogen-bond donors (Lipinski definition) is 0. The SMILES string of the molecule is Cc1c(CSc2ccc3c(c2)C=C[N]3)noc1-c1ccc(C(F)(F)F)cc1. The third-order valence-corrected chi connectivity index (χ3v) is 5.34. The molecule has 2 heterocycles. The Bertz CT molecular complexity index is 1010. The Labute approximate surface area is 158 Å². The van der Waals surface area contributed by atoms with Crippen LogP contribution in [-0.2, 0) is 11.9 Å². The Morgan fingerprint density at radius 3 is 2.59 bits per heavy atom. The third kappa shape index (κ3) is 3.60. The molecule has 1 radical (unpaired) electrons. The smallest absolute Gasteiger partial charge is 0.356 e. The standard InChI is InChI=1S/C20H14F3N2OS/c1-12-18(11-27-16-6-7-17-14(10-16)8-9-24-17)25-26-19(12)13-2-4-15(5-3-13)20(21,22)23/h2-10H,11H2,1H3. The molecule has 0 atom stereocenters. The van der Waals surface area contributed by atoms with Crippen LogP contribution in [0.5, 0.6) is 0 Å². The molecular formula is C20H14F3N2OS. The lowest BCUT2D eigenvalue weighted by Crippen LogP contribution is -2.03. The minimum atomic E-state index is -4.35. The topological polar surface area (TPSA) is 40.1 Å². The van der Waals surface area contributed by atoms with Crippen molar-refractivity contribution >= 4 is 23.5 Å². The van der Waals surface area contributed by atoms with Gasteiger partial charge in [0.15, 0.2) is 5.76 Å². The van der Waals surface area contributed by atoms with Crippen LogP contribution in [0.25, 0.3) is 17.4 Å². The molecule has 1 aliphatic heterocycles. The summed E-state index contributed by atoms with van der Waals surface area (Å²) in [6.07, 6.45) is -0.615. The van der Waals surface area contributed by atoms with E-state index in [1.165, 1.54) is 12.1 Å². The van der Waals surface area contributed by atoms with Crippen LogP contribution >= 0.6 is 11.8 Å². The Hall–Kier alpha value is -2.67. The van der Waals surface area contributed by atoms with Crippen LogP contribution in [0, 0.1) is 6.92 Å². The van der Waals surface area contributed by atoms with Gasteiger partial charge in [0.25, 0.3) is 0 Å². The molecule has 0 aliphatic carbocycles. The van der Waals surface area contributed by atoms with Crippen LogP contribution in [0.1, 0.15) is 22.4 Å². The first kappa shape index (κ1) is 17.7. The molecule has 0 bridgehead atoms. The Kier molecular flexibility index (Phi) is 4.47. The number of halogens is 3. The van der Waals surface area contributed by atoms with Crippen molar-refractivity contribution in [1.29, 1.82) is 0 Å². The number of aromatic nitrogens is 1. The molecule has 137 valence electrons. The summed E-state index contributed by atoms with van der Waals surface area (Å²) in [6, 6.07) is 11.0. The van der Waals surface area contributed by atoms with Crippen molar-refractivity contribution in [2.45, 2.75) is 23.7 Å². The van der Waals surface area contributed by atoms with Gasteiger partial charge in [-0.15, -0.1) is 11.8 Å². The number of benzene rings is 2. The summed E-state index contributed by atoms with van der Waals surface area (Å²) in [5, 5.41) is 8.34. The first-order valence-electron chi connectivity index (χ1n) is 8.19. The van der Waals surface area contributed by atoms with Crippen molar-refractivity contribution in [1.82, 2.24) is 10.5 Å². The van der Waals surface area contributed by atoms with Gasteiger partial charge in [-0.05, 0) is 43.3 Å². The molecule has 0 unspecified atom stereocenters. The summed E-state index contributed by atoms with van der Waals surface area (Å²) >= 11 is 1.62. The molecule has 2 aromatic carbocycles. The van der Waals surface area contributed by atoms with Gasteiger partial charge in [-0.25, -0.2) is 0 Å². The molecule has 0 fully saturated rings. The molecule has 3 aromatic rings. The van der Waals surface area contributed by atoms with Crippen molar-refractivity contribution in [3.8, 4) is 11.3 Å². The van der Waals surface area contributed by atoms with Crippen molar-refractivity contribution < 1.29 is 17.7 Å². The Morgan fingerprint density at radius 2 is 1.85 bits per heavy atom. The molecule has 1 aromatic heterocycles. The van der Waals surface area contributed by atoms with Crippen LogP contribution in [0.3, 0.4) is 0 Å². The monoisotopic (exact) mass is 387 g/mol. The Balaban J connectivity index is 1.50. The maximum Gasteiger partial charge on any atom is 0.416 e. The second-order valence-electron chi connectivity index (χ2n) is 6.11. The highest BCUT2D eigenvalue weighted by Gasteiger charge is 2.30. The fraction of sp³-hybridized carbons (Fsp3) is 0.150. The second kappa shape index (κ2) is 6.81. The van der Waals surface area contributed by atoms with Crippen LogP contribution in [0.2, 0.25) is 0 Å². The van der Waals surface area contributed by atoms with E-state index in [1.807, 2.05) is 25.1 Å². The quantitative estimate of drug-likeness (QED) is 0.502. The molecule has 4 rings (SSSR count). The van der Waals surface area contributed by atoms with Gasteiger partial charge >= 0.3 is 6.18 Å². The minimum Gasteiger partial charge on any atom is -0.356 e. The lowest BCUT2D eigenvalue weighted by molar-refractivity contribution is -0.137. The van der Waals surface area contributed by atoms with Gasteiger partial charge in [0.05, 0.1) is 16.9 Å². The number of hydrogen-bond acceptors (Lipinski definition) is 3. The maximum atomic E-state index is 12.7. The van der Waals surface area contributed by atoms with E-state index in [-0.39, 0.29) is 0 Å². The number of thioether (sulfide) groups is 1. The first-order valence-corrected chi connectivity index (χ1v) is 9.17. The van der Waals surface area contributed by atoms with Gasteiger partial charge in [0.1, 0.15) is 0 Å². The average Bonchev–Trinajstić information content (AvgIpc) is 3.25. The van der Waals surface area contributed by atoms with E-state index in [2.05, 4.69) is 16.5 Å². The summed E-state index contributed by atoms with van der Waals surface area (Å²) in [5.41, 5.74) is 3.54. The van der Waals surface area contributed by atoms with Gasteiger partial charge in [0.2, 0.25) is 0 Å². The zero-order valence-electron chi connectivity index (χ0n) is 14.2. The predicted molar refractivity (Wildman–Crippen MR) is 98.5 cm³/mol. The molecule has 27 heavy (non-hydrogen) atoms. The van der Waals surface area contributed by atoms with Crippen LogP contribution in [-0.4, -0.2) is 5.16 Å². The van der Waals surface area contributed by atoms with E-state index in [0.29, 0.717) is 17.1 Å². The van der Waals surface area contributed by atoms with E-state index < -0.39 is 11.7 Å². The van der Waals surface area contributed by atoms with Crippen molar-refractivity contribution in [3.05, 3.63) is 71.0 Å². The third-order valence-electron chi connectivity index (χ3n) is 4.34. The summed E-state index contributed by atoms with van der Waals surface area (Å²) < 4.78 is 43.5. The summed E-state index contributed by atoms with van der Waals surface area (Å²) in [5.74, 6) is 1.10. The molecule has 0 N–H and O–H groups in total. The lowest BCUT2D eigenvalue weighted by atomic mass is 10.1. The van der Waals surface area contributed by atoms with E-state index in [9.17, 15) is 13.2 Å². The van der Waals surface area contributed by atoms with E-state index in [4.69, 9.17) is 4.52 Å². The summed E-state index contributed by atoms with van der Waals surface area (Å²) in [7, 11) is 0. The summed E-state index contributed by atoms with van der Waals surface area (Å²) in [4.78, 5) is 1.09. The molecule has 3 nitrogen and oxygen atoms in total. The number of rotatable bonds is 4. The zero-order valence-corrected chi connectivity index (χ0v) is 15.1. The second-order valence-corrected chi connectivity index (χ2v) is 7.16. The van der Waals surface area contributed by atoms with Crippen LogP contribution < -0.4 is 5.32 Å². The molecule has 0 spiro atoms. The molecule has 7 heteroatoms. The molecule has 0 saturated heterocycles. The molecule has 0 saturated carbocycles. The van der Waals surface area contributed by atoms with Gasteiger partial charge in [-0.1, -0.05) is 17.3 Å². The highest BCUT2D eigenvalue weighted by molar-refractivity contribution is 7.98. The van der Waals surface area contributed by atoms with Crippen LogP contribution in [0.4, 0.5) is 18.9 Å². The van der Waals surface area contributed by atoms with Gasteiger partial charge < -0.3 is 4.52 Å². The number of fused-ring (bicyclic) bond motifs is 1. The maximum absolute atomic E-state index is 12.7. The fourth-order valence-electron chi connectivity index (χ4n) is 2.81. The molecule has 1 aliphatic rings. The highest BCUT2D eigenvalue weighted by Crippen LogP contribution is 2.34.